The van der Waals surface area contributed by atoms with Crippen molar-refractivity contribution in [1.82, 2.24) is 10.2 Å². The number of hydrogen-bond acceptors (Lipinski definition) is 3. The summed E-state index contributed by atoms with van der Waals surface area (Å²) in [6, 6.07) is 0.550. The molecule has 1 aliphatic heterocycles. The van der Waals surface area contributed by atoms with Crippen molar-refractivity contribution in [2.75, 3.05) is 39.4 Å². The Bertz CT molecular complexity index is 179. The van der Waals surface area contributed by atoms with Crippen LogP contribution in [0.4, 0.5) is 8.78 Å². The molecule has 1 rings (SSSR count). The molecule has 0 bridgehead atoms. The molecule has 1 saturated heterocycles. The number of alkyl halides is 2. The number of likely N-dealkylation sites (N-methyl/N-ethyl adjacent to an activating group) is 1. The topological polar surface area (TPSA) is 24.5 Å². The average molecular weight is 236 g/mol. The first-order chi connectivity index (χ1) is 7.72. The van der Waals surface area contributed by atoms with Crippen molar-refractivity contribution in [3.8, 4) is 0 Å². The summed E-state index contributed by atoms with van der Waals surface area (Å²) >= 11 is 0. The van der Waals surface area contributed by atoms with Crippen LogP contribution in [0.25, 0.3) is 0 Å². The average Bonchev–Trinajstić information content (AvgIpc) is 2.25. The van der Waals surface area contributed by atoms with E-state index in [0.29, 0.717) is 12.6 Å². The molecule has 0 aromatic rings. The summed E-state index contributed by atoms with van der Waals surface area (Å²) in [6.45, 7) is 5.87. The fourth-order valence-corrected chi connectivity index (χ4v) is 2.08. The molecule has 1 unspecified atom stereocenters. The molecule has 0 amide bonds. The predicted octanol–water partition coefficient (Wildman–Crippen LogP) is 1.34. The number of halogens is 2. The van der Waals surface area contributed by atoms with Crippen LogP contribution in [-0.2, 0) is 4.74 Å². The molecular weight excluding hydrogens is 214 g/mol. The summed E-state index contributed by atoms with van der Waals surface area (Å²) in [5.74, 6) is 0. The van der Waals surface area contributed by atoms with Crippen molar-refractivity contribution < 1.29 is 13.5 Å². The van der Waals surface area contributed by atoms with Gasteiger partial charge in [0.15, 0.2) is 0 Å². The highest BCUT2D eigenvalue weighted by Gasteiger charge is 2.18. The molecule has 0 spiro atoms. The van der Waals surface area contributed by atoms with Gasteiger partial charge in [-0.25, -0.2) is 8.78 Å². The molecule has 16 heavy (non-hydrogen) atoms. The molecule has 1 aliphatic rings. The van der Waals surface area contributed by atoms with Crippen molar-refractivity contribution in [2.24, 2.45) is 0 Å². The first kappa shape index (κ1) is 13.8. The molecule has 0 aromatic heterocycles. The van der Waals surface area contributed by atoms with Gasteiger partial charge in [0.1, 0.15) is 6.61 Å². The molecule has 1 N–H and O–H groups in total. The Morgan fingerprint density at radius 1 is 1.50 bits per heavy atom. The van der Waals surface area contributed by atoms with Gasteiger partial charge in [0.25, 0.3) is 6.43 Å². The lowest BCUT2D eigenvalue weighted by Crippen LogP contribution is -2.46. The zero-order chi connectivity index (χ0) is 11.8. The van der Waals surface area contributed by atoms with E-state index >= 15 is 0 Å². The van der Waals surface area contributed by atoms with E-state index in [0.717, 1.165) is 26.2 Å². The van der Waals surface area contributed by atoms with Gasteiger partial charge in [0, 0.05) is 19.1 Å². The molecule has 0 aromatic carbocycles. The van der Waals surface area contributed by atoms with Crippen LogP contribution in [0.1, 0.15) is 19.8 Å². The first-order valence-corrected chi connectivity index (χ1v) is 6.04. The van der Waals surface area contributed by atoms with Crippen LogP contribution < -0.4 is 5.32 Å². The molecular formula is C11H22F2N2O. The maximum Gasteiger partial charge on any atom is 0.261 e. The van der Waals surface area contributed by atoms with E-state index in [1.54, 1.807) is 0 Å². The Balaban J connectivity index is 2.07. The predicted molar refractivity (Wildman–Crippen MR) is 60.0 cm³/mol. The molecule has 1 fully saturated rings. The highest BCUT2D eigenvalue weighted by atomic mass is 19.3. The second-order valence-electron chi connectivity index (χ2n) is 4.16. The second-order valence-corrected chi connectivity index (χ2v) is 4.16. The summed E-state index contributed by atoms with van der Waals surface area (Å²) in [4.78, 5) is 2.28. The Morgan fingerprint density at radius 2 is 2.31 bits per heavy atom. The lowest BCUT2D eigenvalue weighted by atomic mass is 10.1. The molecule has 0 aliphatic carbocycles. The number of nitrogens with zero attached hydrogens (tertiary/aromatic N) is 1. The monoisotopic (exact) mass is 236 g/mol. The van der Waals surface area contributed by atoms with Crippen LogP contribution in [0.15, 0.2) is 0 Å². The third kappa shape index (κ3) is 5.72. The lowest BCUT2D eigenvalue weighted by Gasteiger charge is -2.32. The Morgan fingerprint density at radius 3 is 3.00 bits per heavy atom. The summed E-state index contributed by atoms with van der Waals surface area (Å²) in [7, 11) is 0. The molecule has 1 atom stereocenters. The van der Waals surface area contributed by atoms with Crippen molar-refractivity contribution in [3.05, 3.63) is 0 Å². The molecule has 0 radical (unpaired) electrons. The normalized spacial score (nSPS) is 22.9. The Labute approximate surface area is 96.1 Å². The van der Waals surface area contributed by atoms with E-state index < -0.39 is 13.0 Å². The van der Waals surface area contributed by atoms with Gasteiger partial charge in [0.05, 0.1) is 6.61 Å². The van der Waals surface area contributed by atoms with Crippen LogP contribution >= 0.6 is 0 Å². The smallest absolute Gasteiger partial charge is 0.261 e. The number of rotatable bonds is 7. The summed E-state index contributed by atoms with van der Waals surface area (Å²) in [6.07, 6.45) is 0.0326. The molecule has 0 saturated carbocycles. The maximum absolute atomic E-state index is 11.8. The number of hydrogen-bond donors (Lipinski definition) is 1. The van der Waals surface area contributed by atoms with Crippen LogP contribution in [0.5, 0.6) is 0 Å². The third-order valence-electron chi connectivity index (χ3n) is 2.79. The van der Waals surface area contributed by atoms with Gasteiger partial charge in [-0.3, -0.25) is 4.90 Å². The highest BCUT2D eigenvalue weighted by molar-refractivity contribution is 4.77. The van der Waals surface area contributed by atoms with Gasteiger partial charge in [-0.05, 0) is 25.9 Å². The summed E-state index contributed by atoms with van der Waals surface area (Å²) in [5, 5.41) is 3.42. The van der Waals surface area contributed by atoms with E-state index in [-0.39, 0.29) is 0 Å². The molecule has 1 heterocycles. The number of nitrogens with one attached hydrogen (secondary N) is 1. The molecule has 5 heteroatoms. The zero-order valence-electron chi connectivity index (χ0n) is 9.92. The minimum atomic E-state index is -2.35. The standard InChI is InChI=1S/C11H22F2N2O/c1-2-14-10-4-3-5-15(8-10)6-7-16-9-11(12)13/h10-11,14H,2-9H2,1H3. The Kier molecular flexibility index (Phi) is 6.84. The molecule has 96 valence electrons. The van der Waals surface area contributed by atoms with Crippen LogP contribution in [0.2, 0.25) is 0 Å². The van der Waals surface area contributed by atoms with Crippen molar-refractivity contribution in [1.29, 1.82) is 0 Å². The first-order valence-electron chi connectivity index (χ1n) is 6.04. The van der Waals surface area contributed by atoms with Gasteiger partial charge >= 0.3 is 0 Å². The van der Waals surface area contributed by atoms with Crippen molar-refractivity contribution in [3.63, 3.8) is 0 Å². The largest absolute Gasteiger partial charge is 0.374 e. The SMILES string of the molecule is CCNC1CCCN(CCOCC(F)F)C1. The lowest BCUT2D eigenvalue weighted by molar-refractivity contribution is 0.00721. The number of likely N-dealkylation sites (tertiary alicyclic amines) is 1. The summed E-state index contributed by atoms with van der Waals surface area (Å²) in [5.41, 5.74) is 0. The van der Waals surface area contributed by atoms with Gasteiger partial charge < -0.3 is 10.1 Å². The van der Waals surface area contributed by atoms with Gasteiger partial charge in [-0.1, -0.05) is 6.92 Å². The van der Waals surface area contributed by atoms with Crippen LogP contribution in [-0.4, -0.2) is 56.8 Å². The quantitative estimate of drug-likeness (QED) is 0.675. The second kappa shape index (κ2) is 7.92. The third-order valence-corrected chi connectivity index (χ3v) is 2.79. The summed E-state index contributed by atoms with van der Waals surface area (Å²) < 4.78 is 28.5. The fraction of sp³-hybridized carbons (Fsp3) is 1.00. The van der Waals surface area contributed by atoms with Gasteiger partial charge in [-0.2, -0.15) is 0 Å². The van der Waals surface area contributed by atoms with E-state index in [4.69, 9.17) is 4.74 Å². The van der Waals surface area contributed by atoms with Crippen molar-refractivity contribution >= 4 is 0 Å². The van der Waals surface area contributed by atoms with Crippen molar-refractivity contribution in [2.45, 2.75) is 32.2 Å². The maximum atomic E-state index is 11.8. The minimum Gasteiger partial charge on any atom is -0.374 e. The van der Waals surface area contributed by atoms with E-state index in [1.165, 1.54) is 12.8 Å². The van der Waals surface area contributed by atoms with E-state index in [1.807, 2.05) is 0 Å². The molecule has 3 nitrogen and oxygen atoms in total. The number of ether oxygens (including phenoxy) is 1. The zero-order valence-corrected chi connectivity index (χ0v) is 9.92. The van der Waals surface area contributed by atoms with E-state index in [2.05, 4.69) is 17.1 Å². The Hall–Kier alpha value is -0.260. The minimum absolute atomic E-state index is 0.406. The van der Waals surface area contributed by atoms with Gasteiger partial charge in [-0.15, -0.1) is 0 Å². The van der Waals surface area contributed by atoms with Crippen LogP contribution in [0, 0.1) is 0 Å². The van der Waals surface area contributed by atoms with E-state index in [9.17, 15) is 8.78 Å². The van der Waals surface area contributed by atoms with Gasteiger partial charge in [0.2, 0.25) is 0 Å². The van der Waals surface area contributed by atoms with Crippen LogP contribution in [0.3, 0.4) is 0 Å². The fourth-order valence-electron chi connectivity index (χ4n) is 2.08. The highest BCUT2D eigenvalue weighted by Crippen LogP contribution is 2.09. The number of piperidine rings is 1.